The Labute approximate surface area is 59.7 Å². The van der Waals surface area contributed by atoms with Gasteiger partial charge in [0.25, 0.3) is 0 Å². The molecule has 1 heterocycles. The fourth-order valence-electron chi connectivity index (χ4n) is 1.69. The van der Waals surface area contributed by atoms with Crippen LogP contribution in [-0.4, -0.2) is 25.2 Å². The first-order chi connectivity index (χ1) is 4.79. The van der Waals surface area contributed by atoms with E-state index in [0.29, 0.717) is 17.9 Å². The number of hydrogen-bond donors (Lipinski definition) is 1. The van der Waals surface area contributed by atoms with Crippen LogP contribution in [0.4, 0.5) is 0 Å². The van der Waals surface area contributed by atoms with Crippen molar-refractivity contribution in [2.24, 2.45) is 11.8 Å². The van der Waals surface area contributed by atoms with Crippen LogP contribution in [0.2, 0.25) is 0 Å². The number of ether oxygens (including phenoxy) is 1. The van der Waals surface area contributed by atoms with Crippen molar-refractivity contribution in [1.29, 1.82) is 0 Å². The lowest BCUT2D eigenvalue weighted by molar-refractivity contribution is -0.119. The zero-order valence-corrected chi connectivity index (χ0v) is 5.96. The standard InChI is InChI=1S/C7H11NO2/c1-4(9)8-7-5-2-10-3-6(5)7/h5-7H,2-3H2,1H3,(H,8,9)/t5-,6+,7+. The Morgan fingerprint density at radius 3 is 2.60 bits per heavy atom. The highest BCUT2D eigenvalue weighted by atomic mass is 16.5. The summed E-state index contributed by atoms with van der Waals surface area (Å²) in [5, 5.41) is 2.90. The van der Waals surface area contributed by atoms with Crippen molar-refractivity contribution in [3.63, 3.8) is 0 Å². The maximum atomic E-state index is 10.6. The number of carbonyl (C=O) groups excluding carboxylic acids is 1. The molecule has 1 N–H and O–H groups in total. The third kappa shape index (κ3) is 0.814. The van der Waals surface area contributed by atoms with E-state index in [-0.39, 0.29) is 5.91 Å². The minimum atomic E-state index is 0.0828. The highest BCUT2D eigenvalue weighted by molar-refractivity contribution is 5.73. The number of hydrogen-bond acceptors (Lipinski definition) is 2. The molecule has 2 aliphatic rings. The summed E-state index contributed by atoms with van der Waals surface area (Å²) >= 11 is 0. The first-order valence-corrected chi connectivity index (χ1v) is 3.64. The molecule has 3 nitrogen and oxygen atoms in total. The monoisotopic (exact) mass is 141 g/mol. The number of fused-ring (bicyclic) bond motifs is 1. The van der Waals surface area contributed by atoms with Gasteiger partial charge in [-0.1, -0.05) is 0 Å². The molecule has 3 heteroatoms. The van der Waals surface area contributed by atoms with Gasteiger partial charge in [0.15, 0.2) is 0 Å². The molecule has 3 atom stereocenters. The SMILES string of the molecule is CC(=O)N[C@H]1[C@@H]2COC[C@@H]21. The van der Waals surface area contributed by atoms with Crippen LogP contribution in [0, 0.1) is 11.8 Å². The van der Waals surface area contributed by atoms with Crippen molar-refractivity contribution in [2.75, 3.05) is 13.2 Å². The molecule has 1 saturated carbocycles. The topological polar surface area (TPSA) is 38.3 Å². The molecule has 2 fully saturated rings. The van der Waals surface area contributed by atoms with Crippen LogP contribution < -0.4 is 5.32 Å². The quantitative estimate of drug-likeness (QED) is 0.547. The van der Waals surface area contributed by atoms with Gasteiger partial charge in [0.1, 0.15) is 0 Å². The summed E-state index contributed by atoms with van der Waals surface area (Å²) in [7, 11) is 0. The van der Waals surface area contributed by atoms with Crippen LogP contribution in [0.25, 0.3) is 0 Å². The van der Waals surface area contributed by atoms with Gasteiger partial charge in [-0.3, -0.25) is 4.79 Å². The van der Waals surface area contributed by atoms with Gasteiger partial charge in [0.05, 0.1) is 13.2 Å². The van der Waals surface area contributed by atoms with Crippen LogP contribution in [0.15, 0.2) is 0 Å². The highest BCUT2D eigenvalue weighted by Crippen LogP contribution is 2.43. The summed E-state index contributed by atoms with van der Waals surface area (Å²) in [4.78, 5) is 10.6. The van der Waals surface area contributed by atoms with Crippen LogP contribution in [-0.2, 0) is 9.53 Å². The van der Waals surface area contributed by atoms with E-state index < -0.39 is 0 Å². The van der Waals surface area contributed by atoms with Crippen molar-refractivity contribution in [2.45, 2.75) is 13.0 Å². The molecule has 0 unspecified atom stereocenters. The molecule has 1 aliphatic carbocycles. The van der Waals surface area contributed by atoms with E-state index >= 15 is 0 Å². The summed E-state index contributed by atoms with van der Waals surface area (Å²) in [6.45, 7) is 3.25. The summed E-state index contributed by atoms with van der Waals surface area (Å²) in [6.07, 6.45) is 0. The predicted octanol–water partition coefficient (Wildman–Crippen LogP) is -0.233. The highest BCUT2D eigenvalue weighted by Gasteiger charge is 2.54. The average molecular weight is 141 g/mol. The van der Waals surface area contributed by atoms with Crippen molar-refractivity contribution in [1.82, 2.24) is 5.32 Å². The first kappa shape index (κ1) is 6.16. The molecule has 0 aromatic rings. The second-order valence-electron chi connectivity index (χ2n) is 3.09. The van der Waals surface area contributed by atoms with Crippen LogP contribution in [0.1, 0.15) is 6.92 Å². The van der Waals surface area contributed by atoms with Gasteiger partial charge in [0, 0.05) is 24.8 Å². The smallest absolute Gasteiger partial charge is 0.217 e. The molecule has 2 rings (SSSR count). The number of amides is 1. The number of nitrogens with one attached hydrogen (secondary N) is 1. The second kappa shape index (κ2) is 1.95. The van der Waals surface area contributed by atoms with Gasteiger partial charge in [-0.05, 0) is 0 Å². The van der Waals surface area contributed by atoms with Crippen LogP contribution in [0.3, 0.4) is 0 Å². The van der Waals surface area contributed by atoms with E-state index in [9.17, 15) is 4.79 Å². The third-order valence-corrected chi connectivity index (χ3v) is 2.32. The fraction of sp³-hybridized carbons (Fsp3) is 0.857. The minimum absolute atomic E-state index is 0.0828. The largest absolute Gasteiger partial charge is 0.381 e. The molecule has 1 amide bonds. The summed E-state index contributed by atoms with van der Waals surface area (Å²) in [5.74, 6) is 1.34. The molecule has 1 saturated heterocycles. The molecule has 0 aromatic heterocycles. The lowest BCUT2D eigenvalue weighted by atomic mass is 10.4. The maximum Gasteiger partial charge on any atom is 0.217 e. The first-order valence-electron chi connectivity index (χ1n) is 3.64. The Morgan fingerprint density at radius 2 is 2.10 bits per heavy atom. The summed E-state index contributed by atoms with van der Waals surface area (Å²) < 4.78 is 5.17. The molecular weight excluding hydrogens is 130 g/mol. The molecule has 0 radical (unpaired) electrons. The van der Waals surface area contributed by atoms with Crippen LogP contribution in [0.5, 0.6) is 0 Å². The summed E-state index contributed by atoms with van der Waals surface area (Å²) in [6, 6.07) is 0.436. The van der Waals surface area contributed by atoms with Gasteiger partial charge in [-0.15, -0.1) is 0 Å². The normalized spacial score (nSPS) is 42.7. The number of rotatable bonds is 1. The number of carbonyl (C=O) groups is 1. The molecule has 0 spiro atoms. The molecular formula is C7H11NO2. The molecule has 0 bridgehead atoms. The van der Waals surface area contributed by atoms with Crippen molar-refractivity contribution in [3.05, 3.63) is 0 Å². The molecule has 56 valence electrons. The zero-order chi connectivity index (χ0) is 7.14. The summed E-state index contributed by atoms with van der Waals surface area (Å²) in [5.41, 5.74) is 0. The van der Waals surface area contributed by atoms with Crippen LogP contribution >= 0.6 is 0 Å². The Hall–Kier alpha value is -0.570. The Kier molecular flexibility index (Phi) is 1.20. The Balaban J connectivity index is 1.84. The fourth-order valence-corrected chi connectivity index (χ4v) is 1.69. The van der Waals surface area contributed by atoms with Gasteiger partial charge in [-0.25, -0.2) is 0 Å². The van der Waals surface area contributed by atoms with E-state index in [4.69, 9.17) is 4.74 Å². The predicted molar refractivity (Wildman–Crippen MR) is 35.4 cm³/mol. The van der Waals surface area contributed by atoms with Gasteiger partial charge < -0.3 is 10.1 Å². The molecule has 10 heavy (non-hydrogen) atoms. The van der Waals surface area contributed by atoms with E-state index in [1.54, 1.807) is 6.92 Å². The van der Waals surface area contributed by atoms with Gasteiger partial charge >= 0.3 is 0 Å². The lowest BCUT2D eigenvalue weighted by Crippen LogP contribution is -2.27. The van der Waals surface area contributed by atoms with E-state index in [1.807, 2.05) is 0 Å². The van der Waals surface area contributed by atoms with E-state index in [0.717, 1.165) is 13.2 Å². The molecule has 0 aromatic carbocycles. The maximum absolute atomic E-state index is 10.6. The van der Waals surface area contributed by atoms with E-state index in [2.05, 4.69) is 5.32 Å². The second-order valence-corrected chi connectivity index (χ2v) is 3.09. The molecule has 1 aliphatic heterocycles. The third-order valence-electron chi connectivity index (χ3n) is 2.32. The van der Waals surface area contributed by atoms with Crippen molar-refractivity contribution < 1.29 is 9.53 Å². The Bertz CT molecular complexity index is 159. The zero-order valence-electron chi connectivity index (χ0n) is 5.96. The lowest BCUT2D eigenvalue weighted by Gasteiger charge is -2.03. The van der Waals surface area contributed by atoms with Crippen molar-refractivity contribution >= 4 is 5.91 Å². The van der Waals surface area contributed by atoms with Crippen molar-refractivity contribution in [3.8, 4) is 0 Å². The average Bonchev–Trinajstić information content (AvgIpc) is 2.40. The Morgan fingerprint density at radius 1 is 1.50 bits per heavy atom. The van der Waals surface area contributed by atoms with Gasteiger partial charge in [0.2, 0.25) is 5.91 Å². The van der Waals surface area contributed by atoms with E-state index in [1.165, 1.54) is 0 Å². The van der Waals surface area contributed by atoms with Gasteiger partial charge in [-0.2, -0.15) is 0 Å². The minimum Gasteiger partial charge on any atom is -0.381 e.